The predicted molar refractivity (Wildman–Crippen MR) is 81.8 cm³/mol. The highest BCUT2D eigenvalue weighted by molar-refractivity contribution is 6.35. The zero-order chi connectivity index (χ0) is 15.6. The maximum atomic E-state index is 13.3. The van der Waals surface area contributed by atoms with Crippen molar-refractivity contribution in [3.63, 3.8) is 0 Å². The molecule has 0 heterocycles. The first-order valence-electron chi connectivity index (χ1n) is 5.81. The van der Waals surface area contributed by atoms with Gasteiger partial charge in [0.1, 0.15) is 5.75 Å². The SMILES string of the molecule is COc1ccc(N)c(C(=O)Nc2cc(Cl)c(F)c(Cl)c2)c1. The molecule has 2 rings (SSSR count). The molecule has 0 aliphatic heterocycles. The van der Waals surface area contributed by atoms with Gasteiger partial charge in [-0.1, -0.05) is 23.2 Å². The standard InChI is InChI=1S/C14H11Cl2FN2O2/c1-21-8-2-3-12(18)9(6-8)14(20)19-7-4-10(15)13(17)11(16)5-7/h2-6H,18H2,1H3,(H,19,20). The van der Waals surface area contributed by atoms with Crippen molar-refractivity contribution in [2.45, 2.75) is 0 Å². The molecule has 4 nitrogen and oxygen atoms in total. The van der Waals surface area contributed by atoms with Gasteiger partial charge >= 0.3 is 0 Å². The Morgan fingerprint density at radius 2 is 1.86 bits per heavy atom. The molecule has 1 amide bonds. The number of halogens is 3. The number of hydrogen-bond donors (Lipinski definition) is 2. The molecule has 110 valence electrons. The Morgan fingerprint density at radius 1 is 1.24 bits per heavy atom. The highest BCUT2D eigenvalue weighted by atomic mass is 35.5. The van der Waals surface area contributed by atoms with Gasteiger partial charge < -0.3 is 15.8 Å². The Balaban J connectivity index is 2.30. The van der Waals surface area contributed by atoms with Gasteiger partial charge in [-0.05, 0) is 30.3 Å². The smallest absolute Gasteiger partial charge is 0.257 e. The first-order chi connectivity index (χ1) is 9.92. The minimum Gasteiger partial charge on any atom is -0.497 e. The van der Waals surface area contributed by atoms with Gasteiger partial charge in [0.25, 0.3) is 5.91 Å². The summed E-state index contributed by atoms with van der Waals surface area (Å²) in [6.45, 7) is 0. The molecule has 7 heteroatoms. The van der Waals surface area contributed by atoms with E-state index in [1.807, 2.05) is 0 Å². The lowest BCUT2D eigenvalue weighted by molar-refractivity contribution is 0.102. The molecule has 0 aromatic heterocycles. The van der Waals surface area contributed by atoms with Gasteiger partial charge in [0, 0.05) is 11.4 Å². The van der Waals surface area contributed by atoms with Crippen LogP contribution < -0.4 is 15.8 Å². The summed E-state index contributed by atoms with van der Waals surface area (Å²) in [6.07, 6.45) is 0. The second kappa shape index (κ2) is 6.20. The van der Waals surface area contributed by atoms with Crippen LogP contribution in [0.2, 0.25) is 10.0 Å². The summed E-state index contributed by atoms with van der Waals surface area (Å²) in [5.41, 5.74) is 6.53. The lowest BCUT2D eigenvalue weighted by atomic mass is 10.1. The average Bonchev–Trinajstić information content (AvgIpc) is 2.45. The number of methoxy groups -OCH3 is 1. The summed E-state index contributed by atoms with van der Waals surface area (Å²) >= 11 is 11.3. The van der Waals surface area contributed by atoms with E-state index in [9.17, 15) is 9.18 Å². The average molecular weight is 329 g/mol. The first-order valence-corrected chi connectivity index (χ1v) is 6.57. The monoisotopic (exact) mass is 328 g/mol. The third-order valence-electron chi connectivity index (χ3n) is 2.75. The van der Waals surface area contributed by atoms with E-state index in [2.05, 4.69) is 5.32 Å². The molecular formula is C14H11Cl2FN2O2. The third kappa shape index (κ3) is 3.37. The van der Waals surface area contributed by atoms with Crippen molar-refractivity contribution in [3.8, 4) is 5.75 Å². The number of ether oxygens (including phenoxy) is 1. The molecule has 2 aromatic rings. The summed E-state index contributed by atoms with van der Waals surface area (Å²) < 4.78 is 18.4. The molecule has 21 heavy (non-hydrogen) atoms. The van der Waals surface area contributed by atoms with Gasteiger partial charge in [-0.3, -0.25) is 4.79 Å². The van der Waals surface area contributed by atoms with Crippen LogP contribution in [0.3, 0.4) is 0 Å². The minimum absolute atomic E-state index is 0.184. The maximum Gasteiger partial charge on any atom is 0.257 e. The Labute approximate surface area is 130 Å². The number of nitrogens with two attached hydrogens (primary N) is 1. The van der Waals surface area contributed by atoms with Crippen LogP contribution in [0.1, 0.15) is 10.4 Å². The van der Waals surface area contributed by atoms with Crippen LogP contribution in [-0.4, -0.2) is 13.0 Å². The van der Waals surface area contributed by atoms with Crippen molar-refractivity contribution < 1.29 is 13.9 Å². The minimum atomic E-state index is -0.739. The number of hydrogen-bond acceptors (Lipinski definition) is 3. The van der Waals surface area contributed by atoms with E-state index in [1.165, 1.54) is 25.3 Å². The fraction of sp³-hybridized carbons (Fsp3) is 0.0714. The van der Waals surface area contributed by atoms with Gasteiger partial charge in [0.15, 0.2) is 5.82 Å². The van der Waals surface area contributed by atoms with E-state index in [1.54, 1.807) is 12.1 Å². The normalized spacial score (nSPS) is 10.3. The zero-order valence-electron chi connectivity index (χ0n) is 10.9. The number of nitrogen functional groups attached to an aromatic ring is 1. The van der Waals surface area contributed by atoms with Gasteiger partial charge in [0.2, 0.25) is 0 Å². The second-order valence-corrected chi connectivity index (χ2v) is 4.98. The molecule has 0 aliphatic rings. The lowest BCUT2D eigenvalue weighted by Gasteiger charge is -2.10. The van der Waals surface area contributed by atoms with Crippen molar-refractivity contribution in [1.82, 2.24) is 0 Å². The fourth-order valence-corrected chi connectivity index (χ4v) is 2.17. The molecule has 0 bridgehead atoms. The lowest BCUT2D eigenvalue weighted by Crippen LogP contribution is -2.14. The molecule has 0 radical (unpaired) electrons. The zero-order valence-corrected chi connectivity index (χ0v) is 12.4. The van der Waals surface area contributed by atoms with E-state index in [4.69, 9.17) is 33.7 Å². The summed E-state index contributed by atoms with van der Waals surface area (Å²) in [4.78, 5) is 12.2. The van der Waals surface area contributed by atoms with Crippen LogP contribution in [0.25, 0.3) is 0 Å². The van der Waals surface area contributed by atoms with Gasteiger partial charge in [-0.25, -0.2) is 4.39 Å². The fourth-order valence-electron chi connectivity index (χ4n) is 1.69. The highest BCUT2D eigenvalue weighted by Gasteiger charge is 2.14. The van der Waals surface area contributed by atoms with E-state index in [0.717, 1.165) is 0 Å². The summed E-state index contributed by atoms with van der Waals surface area (Å²) in [5, 5.41) is 2.18. The Kier molecular flexibility index (Phi) is 4.55. The second-order valence-electron chi connectivity index (χ2n) is 4.16. The summed E-state index contributed by atoms with van der Waals surface area (Å²) in [7, 11) is 1.48. The molecule has 0 atom stereocenters. The highest BCUT2D eigenvalue weighted by Crippen LogP contribution is 2.28. The van der Waals surface area contributed by atoms with Gasteiger partial charge in [0.05, 0.1) is 22.7 Å². The molecule has 0 unspecified atom stereocenters. The van der Waals surface area contributed by atoms with Crippen molar-refractivity contribution in [2.24, 2.45) is 0 Å². The molecule has 2 aromatic carbocycles. The predicted octanol–water partition coefficient (Wildman–Crippen LogP) is 3.98. The Hall–Kier alpha value is -1.98. The first kappa shape index (κ1) is 15.4. The van der Waals surface area contributed by atoms with Gasteiger partial charge in [-0.2, -0.15) is 0 Å². The number of amides is 1. The van der Waals surface area contributed by atoms with Crippen LogP contribution in [-0.2, 0) is 0 Å². The van der Waals surface area contributed by atoms with Gasteiger partial charge in [-0.15, -0.1) is 0 Å². The molecular weight excluding hydrogens is 318 g/mol. The molecule has 0 aliphatic carbocycles. The quantitative estimate of drug-likeness (QED) is 0.661. The van der Waals surface area contributed by atoms with Crippen LogP contribution in [0.4, 0.5) is 15.8 Å². The van der Waals surface area contributed by atoms with Crippen molar-refractivity contribution >= 4 is 40.5 Å². The number of anilines is 2. The number of carbonyl (C=O) groups is 1. The number of nitrogens with one attached hydrogen (secondary N) is 1. The number of rotatable bonds is 3. The maximum absolute atomic E-state index is 13.3. The van der Waals surface area contributed by atoms with Crippen LogP contribution in [0.15, 0.2) is 30.3 Å². The summed E-state index contributed by atoms with van der Waals surface area (Å²) in [6, 6.07) is 7.21. The topological polar surface area (TPSA) is 64.3 Å². The van der Waals surface area contributed by atoms with Crippen molar-refractivity contribution in [1.29, 1.82) is 0 Å². The van der Waals surface area contributed by atoms with Crippen molar-refractivity contribution in [3.05, 3.63) is 51.8 Å². The van der Waals surface area contributed by atoms with E-state index in [-0.39, 0.29) is 27.0 Å². The van der Waals surface area contributed by atoms with E-state index < -0.39 is 11.7 Å². The molecule has 0 saturated carbocycles. The Bertz CT molecular complexity index is 684. The third-order valence-corrected chi connectivity index (χ3v) is 3.30. The van der Waals surface area contributed by atoms with Crippen LogP contribution >= 0.6 is 23.2 Å². The van der Waals surface area contributed by atoms with E-state index in [0.29, 0.717) is 5.75 Å². The molecule has 0 fully saturated rings. The molecule has 0 saturated heterocycles. The van der Waals surface area contributed by atoms with E-state index >= 15 is 0 Å². The number of carbonyl (C=O) groups excluding carboxylic acids is 1. The molecule has 0 spiro atoms. The van der Waals surface area contributed by atoms with Crippen molar-refractivity contribution in [2.75, 3.05) is 18.2 Å². The number of benzene rings is 2. The van der Waals surface area contributed by atoms with Crippen LogP contribution in [0, 0.1) is 5.82 Å². The summed E-state index contributed by atoms with van der Waals surface area (Å²) in [5.74, 6) is -0.730. The largest absolute Gasteiger partial charge is 0.497 e. The van der Waals surface area contributed by atoms with Crippen LogP contribution in [0.5, 0.6) is 5.75 Å². The Morgan fingerprint density at radius 3 is 2.43 bits per heavy atom. The molecule has 3 N–H and O–H groups in total.